The minimum atomic E-state index is -0.0162. The molecule has 0 aliphatic heterocycles. The number of rotatable bonds is 4. The van der Waals surface area contributed by atoms with Gasteiger partial charge in [0.25, 0.3) is 0 Å². The third-order valence-corrected chi connectivity index (χ3v) is 1.65. The molecule has 0 aliphatic rings. The second kappa shape index (κ2) is 5.09. The summed E-state index contributed by atoms with van der Waals surface area (Å²) in [5.74, 6) is -0.0162. The predicted octanol–water partition coefficient (Wildman–Crippen LogP) is -0.942. The number of carbonyl (C=O) groups excluding carboxylic acids is 1. The first-order valence-corrected chi connectivity index (χ1v) is 3.77. The van der Waals surface area contributed by atoms with Gasteiger partial charge in [-0.15, -0.1) is 0 Å². The maximum absolute atomic E-state index is 10.7. The van der Waals surface area contributed by atoms with Crippen molar-refractivity contribution in [2.24, 2.45) is 5.73 Å². The Morgan fingerprint density at radius 3 is 2.45 bits per heavy atom. The summed E-state index contributed by atoms with van der Waals surface area (Å²) in [6.07, 6.45) is 0. The second-order valence-electron chi connectivity index (χ2n) is 2.70. The third kappa shape index (κ3) is 4.75. The van der Waals surface area contributed by atoms with Crippen molar-refractivity contribution in [1.82, 2.24) is 10.6 Å². The Labute approximate surface area is 67.5 Å². The predicted molar refractivity (Wildman–Crippen MR) is 45.2 cm³/mol. The zero-order valence-electron chi connectivity index (χ0n) is 7.35. The van der Waals surface area contributed by atoms with Crippen LogP contribution < -0.4 is 16.4 Å². The maximum Gasteiger partial charge on any atom is 0.233 e. The monoisotopic (exact) mass is 159 g/mol. The van der Waals surface area contributed by atoms with Gasteiger partial charge >= 0.3 is 0 Å². The van der Waals surface area contributed by atoms with Crippen molar-refractivity contribution in [1.29, 1.82) is 0 Å². The van der Waals surface area contributed by atoms with Crippen molar-refractivity contribution in [3.8, 4) is 0 Å². The Kier molecular flexibility index (Phi) is 4.81. The number of nitrogens with two attached hydrogens (primary N) is 1. The molecule has 0 heterocycles. The number of hydrogen-bond donors (Lipinski definition) is 3. The molecule has 0 saturated carbocycles. The van der Waals surface area contributed by atoms with Crippen molar-refractivity contribution >= 4 is 5.91 Å². The van der Waals surface area contributed by atoms with E-state index in [0.717, 1.165) is 0 Å². The van der Waals surface area contributed by atoms with Gasteiger partial charge in [0.1, 0.15) is 0 Å². The molecule has 0 rings (SSSR count). The third-order valence-electron chi connectivity index (χ3n) is 1.65. The fourth-order valence-corrected chi connectivity index (χ4v) is 0.528. The molecule has 0 radical (unpaired) electrons. The van der Waals surface area contributed by atoms with E-state index in [2.05, 4.69) is 10.6 Å². The van der Waals surface area contributed by atoms with Gasteiger partial charge in [-0.05, 0) is 13.8 Å². The SMILES string of the molecule is CNC(=O)CNC(C)C(C)N. The van der Waals surface area contributed by atoms with Crippen LogP contribution in [0.25, 0.3) is 0 Å². The first kappa shape index (κ1) is 10.4. The van der Waals surface area contributed by atoms with Crippen LogP contribution in [0.3, 0.4) is 0 Å². The molecule has 4 nitrogen and oxygen atoms in total. The summed E-state index contributed by atoms with van der Waals surface area (Å²) in [6.45, 7) is 4.19. The van der Waals surface area contributed by atoms with Crippen LogP contribution in [0.1, 0.15) is 13.8 Å². The molecular formula is C7H17N3O. The Morgan fingerprint density at radius 1 is 1.55 bits per heavy atom. The highest BCUT2D eigenvalue weighted by Gasteiger charge is 2.07. The standard InChI is InChI=1S/C7H17N3O/c1-5(8)6(2)10-4-7(11)9-3/h5-6,10H,4,8H2,1-3H3,(H,9,11). The number of carbonyl (C=O) groups is 1. The van der Waals surface area contributed by atoms with Gasteiger partial charge in [0.2, 0.25) is 5.91 Å². The first-order valence-electron chi connectivity index (χ1n) is 3.77. The quantitative estimate of drug-likeness (QED) is 0.496. The van der Waals surface area contributed by atoms with E-state index < -0.39 is 0 Å². The summed E-state index contributed by atoms with van der Waals surface area (Å²) < 4.78 is 0. The van der Waals surface area contributed by atoms with Crippen LogP contribution in [0.4, 0.5) is 0 Å². The average Bonchev–Trinajstić information content (AvgIpc) is 1.99. The van der Waals surface area contributed by atoms with Crippen LogP contribution in [-0.4, -0.2) is 31.6 Å². The molecule has 0 bridgehead atoms. The molecule has 4 heteroatoms. The normalized spacial score (nSPS) is 15.6. The molecule has 11 heavy (non-hydrogen) atoms. The summed E-state index contributed by atoms with van der Waals surface area (Å²) in [5, 5.41) is 5.51. The lowest BCUT2D eigenvalue weighted by Gasteiger charge is -2.16. The van der Waals surface area contributed by atoms with Gasteiger partial charge in [0.05, 0.1) is 6.54 Å². The van der Waals surface area contributed by atoms with Gasteiger partial charge in [-0.1, -0.05) is 0 Å². The molecule has 0 aliphatic carbocycles. The van der Waals surface area contributed by atoms with Crippen LogP contribution in [-0.2, 0) is 4.79 Å². The second-order valence-corrected chi connectivity index (χ2v) is 2.70. The molecule has 4 N–H and O–H groups in total. The minimum absolute atomic E-state index is 0.0162. The van der Waals surface area contributed by atoms with Gasteiger partial charge < -0.3 is 16.4 Å². The van der Waals surface area contributed by atoms with Gasteiger partial charge in [-0.2, -0.15) is 0 Å². The fraction of sp³-hybridized carbons (Fsp3) is 0.857. The van der Waals surface area contributed by atoms with E-state index in [-0.39, 0.29) is 18.0 Å². The van der Waals surface area contributed by atoms with E-state index in [1.807, 2.05) is 13.8 Å². The van der Waals surface area contributed by atoms with Gasteiger partial charge in [0.15, 0.2) is 0 Å². The zero-order chi connectivity index (χ0) is 8.85. The Balaban J connectivity index is 3.45. The molecule has 0 aromatic heterocycles. The van der Waals surface area contributed by atoms with E-state index in [4.69, 9.17) is 5.73 Å². The minimum Gasteiger partial charge on any atom is -0.358 e. The van der Waals surface area contributed by atoms with Crippen molar-refractivity contribution < 1.29 is 4.79 Å². The van der Waals surface area contributed by atoms with Crippen LogP contribution >= 0.6 is 0 Å². The molecular weight excluding hydrogens is 142 g/mol. The zero-order valence-corrected chi connectivity index (χ0v) is 7.35. The average molecular weight is 159 g/mol. The Morgan fingerprint density at radius 2 is 2.09 bits per heavy atom. The summed E-state index contributed by atoms with van der Waals surface area (Å²) in [6, 6.07) is 0.243. The van der Waals surface area contributed by atoms with Crippen molar-refractivity contribution in [2.75, 3.05) is 13.6 Å². The Bertz CT molecular complexity index is 125. The number of amides is 1. The van der Waals surface area contributed by atoms with Crippen molar-refractivity contribution in [3.63, 3.8) is 0 Å². The van der Waals surface area contributed by atoms with E-state index in [9.17, 15) is 4.79 Å². The largest absolute Gasteiger partial charge is 0.358 e. The topological polar surface area (TPSA) is 67.2 Å². The molecule has 2 atom stereocenters. The van der Waals surface area contributed by atoms with Gasteiger partial charge in [-0.25, -0.2) is 0 Å². The number of nitrogens with one attached hydrogen (secondary N) is 2. The Hall–Kier alpha value is -0.610. The van der Waals surface area contributed by atoms with Crippen molar-refractivity contribution in [3.05, 3.63) is 0 Å². The lowest BCUT2D eigenvalue weighted by atomic mass is 10.2. The lowest BCUT2D eigenvalue weighted by molar-refractivity contribution is -0.119. The summed E-state index contributed by atoms with van der Waals surface area (Å²) in [4.78, 5) is 10.7. The maximum atomic E-state index is 10.7. The highest BCUT2D eigenvalue weighted by atomic mass is 16.1. The van der Waals surface area contributed by atoms with E-state index in [1.165, 1.54) is 0 Å². The van der Waals surface area contributed by atoms with Crippen LogP contribution in [0, 0.1) is 0 Å². The molecule has 66 valence electrons. The highest BCUT2D eigenvalue weighted by Crippen LogP contribution is 1.85. The van der Waals surface area contributed by atoms with E-state index in [0.29, 0.717) is 6.54 Å². The molecule has 1 amide bonds. The van der Waals surface area contributed by atoms with Crippen molar-refractivity contribution in [2.45, 2.75) is 25.9 Å². The smallest absolute Gasteiger partial charge is 0.233 e. The molecule has 0 aromatic rings. The van der Waals surface area contributed by atoms with Crippen LogP contribution in [0.15, 0.2) is 0 Å². The first-order chi connectivity index (χ1) is 5.07. The highest BCUT2D eigenvalue weighted by molar-refractivity contribution is 5.77. The van der Waals surface area contributed by atoms with Crippen LogP contribution in [0.5, 0.6) is 0 Å². The number of hydrogen-bond acceptors (Lipinski definition) is 3. The molecule has 0 aromatic carbocycles. The van der Waals surface area contributed by atoms with Crippen LogP contribution in [0.2, 0.25) is 0 Å². The molecule has 0 saturated heterocycles. The molecule has 2 unspecified atom stereocenters. The fourth-order valence-electron chi connectivity index (χ4n) is 0.528. The summed E-state index contributed by atoms with van der Waals surface area (Å²) in [5.41, 5.74) is 5.57. The summed E-state index contributed by atoms with van der Waals surface area (Å²) >= 11 is 0. The molecule has 0 fully saturated rings. The van der Waals surface area contributed by atoms with E-state index >= 15 is 0 Å². The van der Waals surface area contributed by atoms with Gasteiger partial charge in [0, 0.05) is 19.1 Å². The van der Waals surface area contributed by atoms with Gasteiger partial charge in [-0.3, -0.25) is 4.79 Å². The molecule has 0 spiro atoms. The summed E-state index contributed by atoms with van der Waals surface area (Å²) in [7, 11) is 1.61. The van der Waals surface area contributed by atoms with E-state index in [1.54, 1.807) is 7.05 Å². The number of likely N-dealkylation sites (N-methyl/N-ethyl adjacent to an activating group) is 1. The lowest BCUT2D eigenvalue weighted by Crippen LogP contribution is -2.44.